The van der Waals surface area contributed by atoms with E-state index in [1.54, 1.807) is 6.92 Å². The highest BCUT2D eigenvalue weighted by atomic mass is 16.6. The summed E-state index contributed by atoms with van der Waals surface area (Å²) in [7, 11) is 0. The molecule has 1 aliphatic heterocycles. The topological polar surface area (TPSA) is 155 Å². The van der Waals surface area contributed by atoms with Gasteiger partial charge in [0.15, 0.2) is 0 Å². The fraction of sp³-hybridized carbons (Fsp3) is 0.750. The maximum Gasteiger partial charge on any atom is 0.303 e. The van der Waals surface area contributed by atoms with Gasteiger partial charge in [0.25, 0.3) is 0 Å². The van der Waals surface area contributed by atoms with E-state index in [4.69, 9.17) is 23.7 Å². The SMILES string of the molecule is CC(=O)OCC[C@]12COCC=C[C@H]1C1(C)CC[C@H]3C(=O)C(C)[C@H](C#N)[C@@H](OC(C)=O)[C@]3(C)[C@H]1[C@H](OC(C)=O)[C@@H]2OC(C)=O. The van der Waals surface area contributed by atoms with Crippen LogP contribution in [0.5, 0.6) is 0 Å². The second-order valence-electron chi connectivity index (χ2n) is 13.2. The van der Waals surface area contributed by atoms with Crippen LogP contribution in [0.15, 0.2) is 12.2 Å². The molecule has 0 spiro atoms. The normalized spacial score (nSPS) is 41.7. The van der Waals surface area contributed by atoms with Crippen molar-refractivity contribution < 1.29 is 47.7 Å². The summed E-state index contributed by atoms with van der Waals surface area (Å²) < 4.78 is 29.6. The molecule has 11 nitrogen and oxygen atoms in total. The van der Waals surface area contributed by atoms with Crippen molar-refractivity contribution in [3.05, 3.63) is 12.2 Å². The Bertz CT molecular complexity index is 1240. The van der Waals surface area contributed by atoms with Gasteiger partial charge in [0.1, 0.15) is 24.1 Å². The van der Waals surface area contributed by atoms with Crippen LogP contribution in [0.1, 0.15) is 67.7 Å². The molecular formula is C32H43NO10. The van der Waals surface area contributed by atoms with Crippen LogP contribution >= 0.6 is 0 Å². The van der Waals surface area contributed by atoms with Crippen molar-refractivity contribution in [2.24, 2.45) is 45.8 Å². The van der Waals surface area contributed by atoms with Gasteiger partial charge in [0.05, 0.1) is 31.8 Å². The van der Waals surface area contributed by atoms with Gasteiger partial charge < -0.3 is 23.7 Å². The number of fused-ring (bicyclic) bond motifs is 5. The Balaban J connectivity index is 2.03. The lowest BCUT2D eigenvalue weighted by atomic mass is 9.36. The molecule has 1 heterocycles. The Labute approximate surface area is 252 Å². The van der Waals surface area contributed by atoms with Crippen molar-refractivity contribution in [1.82, 2.24) is 0 Å². The van der Waals surface area contributed by atoms with Gasteiger partial charge >= 0.3 is 23.9 Å². The van der Waals surface area contributed by atoms with Gasteiger partial charge in [-0.2, -0.15) is 5.26 Å². The number of nitrogens with zero attached hydrogens (tertiary/aromatic N) is 1. The molecule has 0 radical (unpaired) electrons. The van der Waals surface area contributed by atoms with E-state index in [-0.39, 0.29) is 31.3 Å². The number of allylic oxidation sites excluding steroid dienone is 1. The minimum Gasteiger partial charge on any atom is -0.466 e. The van der Waals surface area contributed by atoms with E-state index >= 15 is 0 Å². The number of hydrogen-bond donors (Lipinski definition) is 0. The third kappa shape index (κ3) is 5.36. The summed E-state index contributed by atoms with van der Waals surface area (Å²) in [6, 6.07) is 2.24. The van der Waals surface area contributed by atoms with Crippen molar-refractivity contribution >= 4 is 29.7 Å². The van der Waals surface area contributed by atoms with E-state index in [1.165, 1.54) is 27.7 Å². The van der Waals surface area contributed by atoms with E-state index in [0.717, 1.165) is 0 Å². The van der Waals surface area contributed by atoms with E-state index in [1.807, 2.05) is 19.1 Å². The van der Waals surface area contributed by atoms with Crippen molar-refractivity contribution in [2.45, 2.75) is 86.0 Å². The van der Waals surface area contributed by atoms with Crippen LogP contribution in [0.2, 0.25) is 0 Å². The zero-order chi connectivity index (χ0) is 31.9. The third-order valence-corrected chi connectivity index (χ3v) is 10.7. The highest BCUT2D eigenvalue weighted by Crippen LogP contribution is 2.71. The molecule has 43 heavy (non-hydrogen) atoms. The van der Waals surface area contributed by atoms with Crippen molar-refractivity contribution in [1.29, 1.82) is 5.26 Å². The number of rotatable bonds is 6. The number of nitriles is 1. The molecule has 3 fully saturated rings. The first-order valence-corrected chi connectivity index (χ1v) is 15.0. The molecule has 0 aromatic heterocycles. The summed E-state index contributed by atoms with van der Waals surface area (Å²) in [5.74, 6) is -5.64. The molecular weight excluding hydrogens is 558 g/mol. The maximum atomic E-state index is 14.0. The average molecular weight is 602 g/mol. The van der Waals surface area contributed by atoms with Crippen molar-refractivity contribution in [3.63, 3.8) is 0 Å². The first kappa shape index (κ1) is 32.6. The standard InChI is InChI=1S/C32H43NO10/c1-17-22(15-33)28(42-20(4)36)31(7)23(25(17)38)10-11-30(6)24-9-8-13-39-16-32(24,12-14-40-18(2)34)29(43-21(5)37)26(27(30)31)41-19(3)35/h8-9,17,22-24,26-29H,10-14,16H2,1-7H3/t17?,22-,23-,24-,26-,27-,28+,29-,30?,31-,32-/m0/s1. The summed E-state index contributed by atoms with van der Waals surface area (Å²) in [6.45, 7) is 11.1. The van der Waals surface area contributed by atoms with Crippen LogP contribution in [0.3, 0.4) is 0 Å². The molecule has 236 valence electrons. The number of carbonyl (C=O) groups excluding carboxylic acids is 5. The van der Waals surface area contributed by atoms with E-state index in [0.29, 0.717) is 19.4 Å². The summed E-state index contributed by atoms with van der Waals surface area (Å²) in [6.07, 6.45) is 2.02. The number of hydrogen-bond acceptors (Lipinski definition) is 11. The lowest BCUT2D eigenvalue weighted by Crippen LogP contribution is -2.75. The number of carbonyl (C=O) groups is 5. The molecule has 4 rings (SSSR count). The molecule has 0 N–H and O–H groups in total. The summed E-state index contributed by atoms with van der Waals surface area (Å²) in [5, 5.41) is 10.3. The zero-order valence-electron chi connectivity index (χ0n) is 26.0. The van der Waals surface area contributed by atoms with E-state index < -0.39 is 82.1 Å². The monoisotopic (exact) mass is 601 g/mol. The molecule has 11 heteroatoms. The van der Waals surface area contributed by atoms with Gasteiger partial charge in [-0.15, -0.1) is 0 Å². The Morgan fingerprint density at radius 3 is 2.21 bits per heavy atom. The first-order chi connectivity index (χ1) is 20.1. The predicted octanol–water partition coefficient (Wildman–Crippen LogP) is 3.33. The van der Waals surface area contributed by atoms with Crippen LogP contribution in [-0.2, 0) is 47.7 Å². The highest BCUT2D eigenvalue weighted by molar-refractivity contribution is 5.86. The van der Waals surface area contributed by atoms with E-state index in [9.17, 15) is 29.2 Å². The van der Waals surface area contributed by atoms with Gasteiger partial charge in [-0.05, 0) is 30.6 Å². The lowest BCUT2D eigenvalue weighted by molar-refractivity contribution is -0.288. The maximum absolute atomic E-state index is 14.0. The zero-order valence-corrected chi connectivity index (χ0v) is 26.0. The van der Waals surface area contributed by atoms with Gasteiger partial charge in [0, 0.05) is 56.3 Å². The quantitative estimate of drug-likeness (QED) is 0.250. The number of Topliss-reactive ketones (excluding diaryl/α,β-unsaturated/α-hetero) is 1. The van der Waals surface area contributed by atoms with Gasteiger partial charge in [-0.1, -0.05) is 32.9 Å². The van der Waals surface area contributed by atoms with Crippen LogP contribution in [-0.4, -0.2) is 67.8 Å². The van der Waals surface area contributed by atoms with E-state index in [2.05, 4.69) is 13.0 Å². The Hall–Kier alpha value is -3.26. The van der Waals surface area contributed by atoms with Crippen LogP contribution in [0, 0.1) is 57.2 Å². The molecule has 2 unspecified atom stereocenters. The smallest absolute Gasteiger partial charge is 0.303 e. The van der Waals surface area contributed by atoms with Gasteiger partial charge in [-0.3, -0.25) is 24.0 Å². The molecule has 0 saturated heterocycles. The van der Waals surface area contributed by atoms with Crippen LogP contribution < -0.4 is 0 Å². The Kier molecular flexibility index (Phi) is 9.13. The number of ketones is 1. The summed E-state index contributed by atoms with van der Waals surface area (Å²) >= 11 is 0. The van der Waals surface area contributed by atoms with Crippen LogP contribution in [0.25, 0.3) is 0 Å². The molecule has 0 aromatic rings. The molecule has 3 saturated carbocycles. The van der Waals surface area contributed by atoms with Crippen molar-refractivity contribution in [2.75, 3.05) is 19.8 Å². The first-order valence-electron chi connectivity index (χ1n) is 15.0. The Morgan fingerprint density at radius 2 is 1.63 bits per heavy atom. The average Bonchev–Trinajstić information content (AvgIpc) is 3.13. The molecule has 0 amide bonds. The molecule has 0 aromatic carbocycles. The lowest BCUT2D eigenvalue weighted by Gasteiger charge is -2.69. The second-order valence-corrected chi connectivity index (χ2v) is 13.2. The fourth-order valence-corrected chi connectivity index (χ4v) is 9.32. The van der Waals surface area contributed by atoms with Crippen molar-refractivity contribution in [3.8, 4) is 6.07 Å². The predicted molar refractivity (Wildman–Crippen MR) is 149 cm³/mol. The third-order valence-electron chi connectivity index (χ3n) is 10.7. The highest BCUT2D eigenvalue weighted by Gasteiger charge is 2.75. The molecule has 3 aliphatic carbocycles. The van der Waals surface area contributed by atoms with Gasteiger partial charge in [-0.25, -0.2) is 0 Å². The van der Waals surface area contributed by atoms with Crippen LogP contribution in [0.4, 0.5) is 0 Å². The van der Waals surface area contributed by atoms with Gasteiger partial charge in [0.2, 0.25) is 0 Å². The summed E-state index contributed by atoms with van der Waals surface area (Å²) in [5.41, 5.74) is -2.87. The molecule has 0 bridgehead atoms. The largest absolute Gasteiger partial charge is 0.466 e. The number of ether oxygens (including phenoxy) is 5. The Morgan fingerprint density at radius 1 is 1.00 bits per heavy atom. The molecule has 4 aliphatic rings. The minimum absolute atomic E-state index is 0.0107. The second kappa shape index (κ2) is 12.0. The summed E-state index contributed by atoms with van der Waals surface area (Å²) in [4.78, 5) is 63.9. The fourth-order valence-electron chi connectivity index (χ4n) is 9.32. The molecule has 11 atom stereocenters. The number of esters is 4. The minimum atomic E-state index is -1.16.